The predicted octanol–water partition coefficient (Wildman–Crippen LogP) is 0.488. The van der Waals surface area contributed by atoms with Gasteiger partial charge < -0.3 is 20.5 Å². The maximum atomic E-state index is 12.6. The van der Waals surface area contributed by atoms with Gasteiger partial charge in [0.25, 0.3) is 11.8 Å². The first-order valence-corrected chi connectivity index (χ1v) is 6.86. The molecule has 0 unspecified atom stereocenters. The Morgan fingerprint density at radius 2 is 2.05 bits per heavy atom. The number of carbonyl (C=O) groups excluding carboxylic acids is 2. The van der Waals surface area contributed by atoms with Gasteiger partial charge in [-0.05, 0) is 25.5 Å². The number of hydrogen-bond acceptors (Lipinski definition) is 4. The third kappa shape index (κ3) is 3.19. The minimum absolute atomic E-state index is 0.144. The number of benzene rings is 1. The van der Waals surface area contributed by atoms with E-state index in [0.29, 0.717) is 18.5 Å². The van der Waals surface area contributed by atoms with Gasteiger partial charge in [0.1, 0.15) is 5.75 Å². The van der Waals surface area contributed by atoms with Crippen molar-refractivity contribution in [3.8, 4) is 5.75 Å². The lowest BCUT2D eigenvalue weighted by Crippen LogP contribution is -2.35. The summed E-state index contributed by atoms with van der Waals surface area (Å²) in [6, 6.07) is 6.51. The molecule has 1 aromatic carbocycles. The second-order valence-electron chi connectivity index (χ2n) is 5.59. The van der Waals surface area contributed by atoms with Crippen LogP contribution in [0.5, 0.6) is 5.75 Å². The Balaban J connectivity index is 2.17. The molecule has 118 valence electrons. The quantitative estimate of drug-likeness (QED) is 0.822. The molecule has 2 amide bonds. The molecule has 7 nitrogen and oxygen atoms in total. The molecule has 0 spiro atoms. The Labute approximate surface area is 127 Å². The first-order chi connectivity index (χ1) is 10.3. The third-order valence-corrected chi connectivity index (χ3v) is 3.76. The van der Waals surface area contributed by atoms with E-state index in [9.17, 15) is 19.5 Å². The zero-order valence-electron chi connectivity index (χ0n) is 12.2. The summed E-state index contributed by atoms with van der Waals surface area (Å²) in [5, 5.41) is 9.23. The van der Waals surface area contributed by atoms with Crippen molar-refractivity contribution in [2.24, 2.45) is 11.1 Å². The van der Waals surface area contributed by atoms with Crippen molar-refractivity contribution in [1.82, 2.24) is 4.90 Å². The highest BCUT2D eigenvalue weighted by Crippen LogP contribution is 2.32. The van der Waals surface area contributed by atoms with E-state index < -0.39 is 17.3 Å². The summed E-state index contributed by atoms with van der Waals surface area (Å²) in [7, 11) is 0. The lowest BCUT2D eigenvalue weighted by atomic mass is 9.90. The molecule has 3 N–H and O–H groups in total. The summed E-state index contributed by atoms with van der Waals surface area (Å²) < 4.78 is 5.24. The number of hydrogen-bond donors (Lipinski definition) is 2. The van der Waals surface area contributed by atoms with Crippen molar-refractivity contribution in [2.75, 3.05) is 19.7 Å². The highest BCUT2D eigenvalue weighted by Gasteiger charge is 2.42. The molecule has 1 saturated heterocycles. The standard InChI is InChI=1S/C15H18N2O5/c1-15(14(20)21)6-7-17(9-15)13(19)10-4-2-3-5-11(10)22-8-12(16)18/h2-5H,6-9H2,1H3,(H2,16,18)(H,20,21)/t15-/m1/s1. The number of para-hydroxylation sites is 1. The Morgan fingerprint density at radius 1 is 1.36 bits per heavy atom. The van der Waals surface area contributed by atoms with E-state index >= 15 is 0 Å². The fraction of sp³-hybridized carbons (Fsp3) is 0.400. The molecule has 1 aliphatic heterocycles. The summed E-state index contributed by atoms with van der Waals surface area (Å²) >= 11 is 0. The average molecular weight is 306 g/mol. The monoisotopic (exact) mass is 306 g/mol. The molecule has 2 rings (SSSR count). The molecule has 0 aromatic heterocycles. The van der Waals surface area contributed by atoms with Crippen molar-refractivity contribution in [2.45, 2.75) is 13.3 Å². The zero-order valence-corrected chi connectivity index (χ0v) is 12.2. The van der Waals surface area contributed by atoms with Gasteiger partial charge >= 0.3 is 5.97 Å². The maximum absolute atomic E-state index is 12.6. The van der Waals surface area contributed by atoms with Crippen LogP contribution in [0.25, 0.3) is 0 Å². The van der Waals surface area contributed by atoms with E-state index in [2.05, 4.69) is 0 Å². The molecule has 22 heavy (non-hydrogen) atoms. The van der Waals surface area contributed by atoms with Gasteiger partial charge in [-0.3, -0.25) is 14.4 Å². The number of carboxylic acids is 1. The van der Waals surface area contributed by atoms with Crippen molar-refractivity contribution in [3.63, 3.8) is 0 Å². The van der Waals surface area contributed by atoms with Gasteiger partial charge in [0.05, 0.1) is 11.0 Å². The van der Waals surface area contributed by atoms with Crippen LogP contribution in [0.4, 0.5) is 0 Å². The van der Waals surface area contributed by atoms with Crippen LogP contribution in [0.3, 0.4) is 0 Å². The lowest BCUT2D eigenvalue weighted by molar-refractivity contribution is -0.147. The molecular formula is C15H18N2O5. The maximum Gasteiger partial charge on any atom is 0.311 e. The minimum Gasteiger partial charge on any atom is -0.483 e. The van der Waals surface area contributed by atoms with Gasteiger partial charge in [0.15, 0.2) is 6.61 Å². The van der Waals surface area contributed by atoms with Crippen LogP contribution in [0, 0.1) is 5.41 Å². The summed E-state index contributed by atoms with van der Waals surface area (Å²) in [6.07, 6.45) is 0.401. The van der Waals surface area contributed by atoms with Crippen LogP contribution in [0.2, 0.25) is 0 Å². The molecule has 0 aliphatic carbocycles. The number of likely N-dealkylation sites (tertiary alicyclic amines) is 1. The second kappa shape index (κ2) is 6.05. The van der Waals surface area contributed by atoms with Gasteiger partial charge in [0.2, 0.25) is 0 Å². The van der Waals surface area contributed by atoms with Crippen LogP contribution in [-0.2, 0) is 9.59 Å². The fourth-order valence-corrected chi connectivity index (χ4v) is 2.40. The molecular weight excluding hydrogens is 288 g/mol. The van der Waals surface area contributed by atoms with Gasteiger partial charge in [0, 0.05) is 13.1 Å². The Hall–Kier alpha value is -2.57. The SMILES string of the molecule is C[C@@]1(C(=O)O)CCN(C(=O)c2ccccc2OCC(N)=O)C1. The molecule has 1 atom stereocenters. The number of ether oxygens (including phenoxy) is 1. The summed E-state index contributed by atoms with van der Waals surface area (Å²) in [5.74, 6) is -1.61. The van der Waals surface area contributed by atoms with Crippen LogP contribution in [0.1, 0.15) is 23.7 Å². The molecule has 1 fully saturated rings. The van der Waals surface area contributed by atoms with Crippen LogP contribution >= 0.6 is 0 Å². The number of primary amides is 1. The Morgan fingerprint density at radius 3 is 2.64 bits per heavy atom. The lowest BCUT2D eigenvalue weighted by Gasteiger charge is -2.21. The van der Waals surface area contributed by atoms with E-state index in [1.807, 2.05) is 0 Å². The van der Waals surface area contributed by atoms with Crippen LogP contribution in [-0.4, -0.2) is 47.5 Å². The van der Waals surface area contributed by atoms with E-state index in [-0.39, 0.29) is 24.8 Å². The highest BCUT2D eigenvalue weighted by atomic mass is 16.5. The first kappa shape index (κ1) is 15.8. The van der Waals surface area contributed by atoms with E-state index in [1.54, 1.807) is 31.2 Å². The number of carboxylic acid groups (broad SMARTS) is 1. The van der Waals surface area contributed by atoms with Crippen LogP contribution < -0.4 is 10.5 Å². The van der Waals surface area contributed by atoms with Gasteiger partial charge in [-0.2, -0.15) is 0 Å². The molecule has 1 heterocycles. The summed E-state index contributed by atoms with van der Waals surface area (Å²) in [6.45, 7) is 1.81. The summed E-state index contributed by atoms with van der Waals surface area (Å²) in [4.78, 5) is 36.1. The second-order valence-corrected chi connectivity index (χ2v) is 5.59. The van der Waals surface area contributed by atoms with Crippen molar-refractivity contribution in [3.05, 3.63) is 29.8 Å². The highest BCUT2D eigenvalue weighted by molar-refractivity contribution is 5.97. The topological polar surface area (TPSA) is 110 Å². The number of rotatable bonds is 5. The van der Waals surface area contributed by atoms with E-state index in [0.717, 1.165) is 0 Å². The normalized spacial score (nSPS) is 20.7. The molecule has 1 aromatic rings. The number of amides is 2. The van der Waals surface area contributed by atoms with E-state index in [1.165, 1.54) is 4.90 Å². The van der Waals surface area contributed by atoms with Gasteiger partial charge in [-0.25, -0.2) is 0 Å². The fourth-order valence-electron chi connectivity index (χ4n) is 2.40. The predicted molar refractivity (Wildman–Crippen MR) is 77.4 cm³/mol. The number of nitrogens with zero attached hydrogens (tertiary/aromatic N) is 1. The zero-order chi connectivity index (χ0) is 16.3. The molecule has 0 radical (unpaired) electrons. The average Bonchev–Trinajstić information content (AvgIpc) is 2.88. The largest absolute Gasteiger partial charge is 0.483 e. The van der Waals surface area contributed by atoms with Crippen molar-refractivity contribution in [1.29, 1.82) is 0 Å². The van der Waals surface area contributed by atoms with Crippen molar-refractivity contribution < 1.29 is 24.2 Å². The minimum atomic E-state index is -0.932. The number of nitrogens with two attached hydrogens (primary N) is 1. The summed E-state index contributed by atoms with van der Waals surface area (Å²) in [5.41, 5.74) is 4.39. The molecule has 0 bridgehead atoms. The number of carbonyl (C=O) groups is 3. The smallest absolute Gasteiger partial charge is 0.311 e. The third-order valence-electron chi connectivity index (χ3n) is 3.76. The van der Waals surface area contributed by atoms with Crippen LogP contribution in [0.15, 0.2) is 24.3 Å². The Bertz CT molecular complexity index is 616. The first-order valence-electron chi connectivity index (χ1n) is 6.86. The number of aliphatic carboxylic acids is 1. The van der Waals surface area contributed by atoms with Gasteiger partial charge in [-0.1, -0.05) is 12.1 Å². The van der Waals surface area contributed by atoms with Gasteiger partial charge in [-0.15, -0.1) is 0 Å². The molecule has 7 heteroatoms. The van der Waals surface area contributed by atoms with Crippen molar-refractivity contribution >= 4 is 17.8 Å². The Kier molecular flexibility index (Phi) is 4.35. The molecule has 0 saturated carbocycles. The molecule has 1 aliphatic rings. The van der Waals surface area contributed by atoms with E-state index in [4.69, 9.17) is 10.5 Å².